The number of nitrogens with two attached hydrogens (primary N) is 1. The fourth-order valence-electron chi connectivity index (χ4n) is 10.9. The molecule has 0 spiro atoms. The van der Waals surface area contributed by atoms with Crippen LogP contribution in [-0.4, -0.2) is 23.2 Å². The number of carbonyl (C=O) groups is 1. The second kappa shape index (κ2) is 11.7. The second-order valence-corrected chi connectivity index (χ2v) is 16.5. The van der Waals surface area contributed by atoms with Crippen molar-refractivity contribution in [3.05, 3.63) is 52.6 Å². The Morgan fingerprint density at radius 2 is 1.70 bits per heavy atom. The molecule has 238 valence electrons. The zero-order valence-corrected chi connectivity index (χ0v) is 28.4. The van der Waals surface area contributed by atoms with E-state index in [-0.39, 0.29) is 28.7 Å². The van der Waals surface area contributed by atoms with Crippen molar-refractivity contribution in [3.63, 3.8) is 0 Å². The van der Waals surface area contributed by atoms with Crippen molar-refractivity contribution in [2.24, 2.45) is 45.1 Å². The highest BCUT2D eigenvalue weighted by Gasteiger charge is 2.63. The summed E-state index contributed by atoms with van der Waals surface area (Å²) >= 11 is 0. The summed E-state index contributed by atoms with van der Waals surface area (Å²) in [6.07, 6.45) is 14.9. The van der Waals surface area contributed by atoms with Crippen LogP contribution in [0.15, 0.2) is 47.1 Å². The van der Waals surface area contributed by atoms with Crippen molar-refractivity contribution in [1.29, 1.82) is 0 Å². The minimum atomic E-state index is -0.704. The van der Waals surface area contributed by atoms with E-state index in [1.807, 2.05) is 17.7 Å². The van der Waals surface area contributed by atoms with Gasteiger partial charge < -0.3 is 15.6 Å². The van der Waals surface area contributed by atoms with Gasteiger partial charge in [0.25, 0.3) is 0 Å². The summed E-state index contributed by atoms with van der Waals surface area (Å²) in [4.78, 5) is 13.2. The first-order valence-corrected chi connectivity index (χ1v) is 17.2. The lowest BCUT2D eigenvalue weighted by atomic mass is 9.43. The summed E-state index contributed by atoms with van der Waals surface area (Å²) in [5.74, 6) is 1.97. The van der Waals surface area contributed by atoms with Crippen LogP contribution in [0.2, 0.25) is 0 Å². The van der Waals surface area contributed by atoms with Crippen LogP contribution in [0.25, 0.3) is 0 Å². The van der Waals surface area contributed by atoms with E-state index in [0.29, 0.717) is 23.2 Å². The third kappa shape index (κ3) is 5.53. The number of aromatic hydroxyl groups is 1. The molecule has 2 saturated carbocycles. The van der Waals surface area contributed by atoms with Crippen LogP contribution in [-0.2, 0) is 16.0 Å². The number of benzene rings is 1. The van der Waals surface area contributed by atoms with Crippen molar-refractivity contribution in [3.8, 4) is 5.75 Å². The van der Waals surface area contributed by atoms with Crippen LogP contribution in [0.4, 0.5) is 0 Å². The summed E-state index contributed by atoms with van der Waals surface area (Å²) in [5.41, 5.74) is 13.1. The van der Waals surface area contributed by atoms with Gasteiger partial charge in [-0.15, -0.1) is 0 Å². The highest BCUT2D eigenvalue weighted by Crippen LogP contribution is 2.72. The normalized spacial score (nSPS) is 36.2. The Kier molecular flexibility index (Phi) is 8.79. The number of ether oxygens (including phenoxy) is 1. The first-order valence-electron chi connectivity index (χ1n) is 17.2. The Morgan fingerprint density at radius 3 is 2.37 bits per heavy atom. The molecule has 8 atom stereocenters. The first-order chi connectivity index (χ1) is 20.1. The Labute approximate surface area is 261 Å². The second-order valence-electron chi connectivity index (χ2n) is 16.5. The molecule has 4 aliphatic rings. The highest BCUT2D eigenvalue weighted by atomic mass is 16.5. The Balaban J connectivity index is 1.32. The fourth-order valence-corrected chi connectivity index (χ4v) is 10.9. The van der Waals surface area contributed by atoms with Gasteiger partial charge in [-0.1, -0.05) is 76.5 Å². The van der Waals surface area contributed by atoms with E-state index in [0.717, 1.165) is 30.2 Å². The molecule has 0 aliphatic heterocycles. The standard InChI is InChI=1S/C39H59NO3/c1-25(2)10-9-11-26(3)29-18-22-39(8)31-16-17-33-36(4,5)34(20-21-37(33,6)30(31)19-23-38(29,39)7)43-35(42)32(40)24-27-12-14-28(41)15-13-27/h10,12-15,26,29,32-34,41H,9,11,16-24,40H2,1-8H3/t26-,29-,32+,33?,34+,37-,38-,39+/m1/s1. The van der Waals surface area contributed by atoms with Crippen molar-refractivity contribution >= 4 is 5.97 Å². The van der Waals surface area contributed by atoms with Gasteiger partial charge in [-0.3, -0.25) is 4.79 Å². The average molecular weight is 590 g/mol. The Hall–Kier alpha value is -2.07. The van der Waals surface area contributed by atoms with E-state index in [9.17, 15) is 9.90 Å². The van der Waals surface area contributed by atoms with Crippen LogP contribution in [0.3, 0.4) is 0 Å². The molecule has 0 saturated heterocycles. The zero-order chi connectivity index (χ0) is 31.4. The maximum atomic E-state index is 13.2. The molecule has 1 aromatic rings. The SMILES string of the molecule is CC(C)=CCC[C@@H](C)[C@H]1CC[C@@]2(C)C3=C(CC[C@]12C)[C@@]1(C)CC[C@H](OC(=O)[C@@H](N)Cc2ccc(O)cc2)C(C)(C)C1CC3. The molecule has 0 amide bonds. The number of phenolic OH excluding ortho intramolecular Hbond substituents is 1. The van der Waals surface area contributed by atoms with Gasteiger partial charge >= 0.3 is 5.97 Å². The molecule has 4 heteroatoms. The summed E-state index contributed by atoms with van der Waals surface area (Å²) in [6.45, 7) is 19.5. The van der Waals surface area contributed by atoms with Crippen LogP contribution in [0.5, 0.6) is 5.75 Å². The zero-order valence-electron chi connectivity index (χ0n) is 28.4. The van der Waals surface area contributed by atoms with Gasteiger partial charge in [0.1, 0.15) is 17.9 Å². The van der Waals surface area contributed by atoms with Gasteiger partial charge in [0.05, 0.1) is 0 Å². The maximum Gasteiger partial charge on any atom is 0.323 e. The minimum Gasteiger partial charge on any atom is -0.508 e. The molecule has 5 rings (SSSR count). The average Bonchev–Trinajstić information content (AvgIpc) is 3.22. The van der Waals surface area contributed by atoms with E-state index in [1.165, 1.54) is 56.9 Å². The third-order valence-corrected chi connectivity index (χ3v) is 13.6. The van der Waals surface area contributed by atoms with Crippen molar-refractivity contribution in [1.82, 2.24) is 0 Å². The molecular formula is C39H59NO3. The van der Waals surface area contributed by atoms with Crippen LogP contribution >= 0.6 is 0 Å². The molecule has 4 aliphatic carbocycles. The lowest BCUT2D eigenvalue weighted by Crippen LogP contribution is -2.56. The van der Waals surface area contributed by atoms with E-state index < -0.39 is 6.04 Å². The van der Waals surface area contributed by atoms with Gasteiger partial charge in [-0.25, -0.2) is 0 Å². The van der Waals surface area contributed by atoms with Crippen molar-refractivity contribution in [2.45, 2.75) is 138 Å². The monoisotopic (exact) mass is 589 g/mol. The Bertz CT molecular complexity index is 1260. The molecular weight excluding hydrogens is 530 g/mol. The van der Waals surface area contributed by atoms with Crippen LogP contribution < -0.4 is 5.73 Å². The molecule has 43 heavy (non-hydrogen) atoms. The maximum absolute atomic E-state index is 13.2. The van der Waals surface area contributed by atoms with E-state index in [2.05, 4.69) is 61.5 Å². The quantitative estimate of drug-likeness (QED) is 0.234. The molecule has 0 heterocycles. The Morgan fingerprint density at radius 1 is 1.00 bits per heavy atom. The number of hydrogen-bond acceptors (Lipinski definition) is 4. The number of esters is 1. The largest absolute Gasteiger partial charge is 0.508 e. The van der Waals surface area contributed by atoms with Crippen LogP contribution in [0.1, 0.15) is 125 Å². The molecule has 1 unspecified atom stereocenters. The number of allylic oxidation sites excluding steroid dienone is 4. The smallest absolute Gasteiger partial charge is 0.323 e. The lowest BCUT2D eigenvalue weighted by Gasteiger charge is -2.62. The third-order valence-electron chi connectivity index (χ3n) is 13.6. The number of rotatable bonds is 8. The fraction of sp³-hybridized carbons (Fsp3) is 0.718. The number of phenols is 1. The highest BCUT2D eigenvalue weighted by molar-refractivity contribution is 5.76. The molecule has 1 aromatic carbocycles. The predicted molar refractivity (Wildman–Crippen MR) is 177 cm³/mol. The summed E-state index contributed by atoms with van der Waals surface area (Å²) in [7, 11) is 0. The van der Waals surface area contributed by atoms with Gasteiger partial charge in [-0.2, -0.15) is 0 Å². The topological polar surface area (TPSA) is 72.5 Å². The number of fused-ring (bicyclic) bond motifs is 4. The summed E-state index contributed by atoms with van der Waals surface area (Å²) in [5, 5.41) is 9.58. The molecule has 0 aromatic heterocycles. The summed E-state index contributed by atoms with van der Waals surface area (Å²) < 4.78 is 6.25. The van der Waals surface area contributed by atoms with Gasteiger partial charge in [-0.05, 0) is 136 Å². The van der Waals surface area contributed by atoms with Crippen molar-refractivity contribution < 1.29 is 14.6 Å². The molecule has 4 nitrogen and oxygen atoms in total. The minimum absolute atomic E-state index is 0.112. The van der Waals surface area contributed by atoms with Gasteiger partial charge in [0.15, 0.2) is 0 Å². The van der Waals surface area contributed by atoms with E-state index in [4.69, 9.17) is 10.5 Å². The van der Waals surface area contributed by atoms with Crippen LogP contribution in [0, 0.1) is 39.4 Å². The van der Waals surface area contributed by atoms with E-state index >= 15 is 0 Å². The molecule has 3 N–H and O–H groups in total. The molecule has 0 bridgehead atoms. The van der Waals surface area contributed by atoms with Crippen molar-refractivity contribution in [2.75, 3.05) is 0 Å². The number of hydrogen-bond donors (Lipinski definition) is 2. The summed E-state index contributed by atoms with van der Waals surface area (Å²) in [6, 6.07) is 6.21. The predicted octanol–water partition coefficient (Wildman–Crippen LogP) is 9.31. The first kappa shape index (κ1) is 32.3. The lowest BCUT2D eigenvalue weighted by molar-refractivity contribution is -0.171. The van der Waals surface area contributed by atoms with Gasteiger partial charge in [0, 0.05) is 5.41 Å². The van der Waals surface area contributed by atoms with Gasteiger partial charge in [0.2, 0.25) is 0 Å². The number of carbonyl (C=O) groups excluding carboxylic acids is 1. The van der Waals surface area contributed by atoms with E-state index in [1.54, 1.807) is 17.7 Å². The molecule has 2 fully saturated rings. The molecule has 0 radical (unpaired) electrons.